The molecule has 26 heavy (non-hydrogen) atoms. The number of benzene rings is 2. The van der Waals surface area contributed by atoms with E-state index in [1.165, 1.54) is 0 Å². The maximum atomic E-state index is 12.5. The van der Waals surface area contributed by atoms with E-state index in [2.05, 4.69) is 0 Å². The van der Waals surface area contributed by atoms with Crippen LogP contribution in [0, 0.1) is 0 Å². The van der Waals surface area contributed by atoms with E-state index in [1.54, 1.807) is 24.3 Å². The molecule has 0 saturated heterocycles. The molecule has 0 atom stereocenters. The van der Waals surface area contributed by atoms with Crippen LogP contribution in [-0.2, 0) is 30.2 Å². The van der Waals surface area contributed by atoms with E-state index < -0.39 is 8.25 Å². The molecule has 2 rings (SSSR count). The van der Waals surface area contributed by atoms with Crippen molar-refractivity contribution < 1.29 is 23.8 Å². The van der Waals surface area contributed by atoms with Gasteiger partial charge in [-0.1, -0.05) is 27.7 Å². The van der Waals surface area contributed by atoms with Crippen LogP contribution >= 0.6 is 8.25 Å². The van der Waals surface area contributed by atoms with Gasteiger partial charge in [0.15, 0.2) is 11.5 Å². The van der Waals surface area contributed by atoms with Gasteiger partial charge in [-0.05, 0) is 49.9 Å². The maximum absolute atomic E-state index is 12.5. The molecule has 0 aliphatic heterocycles. The van der Waals surface area contributed by atoms with Crippen molar-refractivity contribution in [3.63, 3.8) is 0 Å². The van der Waals surface area contributed by atoms with Crippen LogP contribution in [0.1, 0.15) is 49.9 Å². The summed E-state index contributed by atoms with van der Waals surface area (Å²) in [6.07, 6.45) is 2.61. The third kappa shape index (κ3) is 4.10. The van der Waals surface area contributed by atoms with E-state index in [4.69, 9.17) is 9.05 Å². The smallest absolute Gasteiger partial charge is 0.508 e. The second kappa shape index (κ2) is 8.91. The number of aromatic hydroxyl groups is 2. The largest absolute Gasteiger partial charge is 0.805 e. The minimum atomic E-state index is -2.44. The second-order valence-electron chi connectivity index (χ2n) is 5.90. The molecule has 0 aliphatic rings. The number of hydrogen-bond donors (Lipinski definition) is 2. The molecular weight excluding hydrogens is 351 g/mol. The molecule has 0 aromatic heterocycles. The fourth-order valence-corrected chi connectivity index (χ4v) is 3.93. The van der Waals surface area contributed by atoms with Crippen LogP contribution in [0.2, 0.25) is 0 Å². The SMILES string of the molecule is CCc1c(O)ccc(O[P+](=O)Oc2ccc(O)c(CC)c2CC)c1CC. The summed E-state index contributed by atoms with van der Waals surface area (Å²) in [7, 11) is -2.44. The zero-order valence-electron chi connectivity index (χ0n) is 15.7. The molecule has 2 aromatic carbocycles. The standard InChI is InChI=1S/C20H25O5P/c1-5-13-15(7-3)19(11-9-17(13)21)24-26(23)25-20-12-10-18(22)14(6-2)16(20)8-4/h9-12H,5-8H2,1-4H3,(H-,21,22)/p+1. The van der Waals surface area contributed by atoms with E-state index in [-0.39, 0.29) is 11.5 Å². The van der Waals surface area contributed by atoms with Crippen molar-refractivity contribution >= 4 is 8.25 Å². The minimum absolute atomic E-state index is 0.215. The summed E-state index contributed by atoms with van der Waals surface area (Å²) in [5.74, 6) is 1.34. The summed E-state index contributed by atoms with van der Waals surface area (Å²) in [4.78, 5) is 0. The van der Waals surface area contributed by atoms with E-state index in [0.717, 1.165) is 22.3 Å². The Labute approximate surface area is 155 Å². The fourth-order valence-electron chi connectivity index (χ4n) is 3.23. The number of phenols is 2. The molecule has 0 saturated carbocycles. The van der Waals surface area contributed by atoms with Gasteiger partial charge in [0.05, 0.1) is 0 Å². The van der Waals surface area contributed by atoms with Crippen LogP contribution in [-0.4, -0.2) is 10.2 Å². The number of hydrogen-bond acceptors (Lipinski definition) is 5. The molecule has 140 valence electrons. The van der Waals surface area contributed by atoms with Gasteiger partial charge in [-0.25, -0.2) is 9.05 Å². The molecule has 0 unspecified atom stereocenters. The Kier molecular flexibility index (Phi) is 6.87. The van der Waals surface area contributed by atoms with Gasteiger partial charge in [0.1, 0.15) is 11.5 Å². The lowest BCUT2D eigenvalue weighted by molar-refractivity contribution is 0.408. The van der Waals surface area contributed by atoms with E-state index in [0.29, 0.717) is 37.2 Å². The highest BCUT2D eigenvalue weighted by Crippen LogP contribution is 2.39. The summed E-state index contributed by atoms with van der Waals surface area (Å²) < 4.78 is 23.6. The predicted octanol–water partition coefficient (Wildman–Crippen LogP) is 5.46. The highest BCUT2D eigenvalue weighted by atomic mass is 31.1. The summed E-state index contributed by atoms with van der Waals surface area (Å²) in [5, 5.41) is 20.0. The predicted molar refractivity (Wildman–Crippen MR) is 103 cm³/mol. The van der Waals surface area contributed by atoms with Crippen LogP contribution in [0.25, 0.3) is 0 Å². The zero-order valence-corrected chi connectivity index (χ0v) is 16.6. The first-order chi connectivity index (χ1) is 12.5. The van der Waals surface area contributed by atoms with Crippen LogP contribution < -0.4 is 9.05 Å². The molecule has 0 aliphatic carbocycles. The molecular formula is C20H26O5P+. The quantitative estimate of drug-likeness (QED) is 0.597. The third-order valence-electron chi connectivity index (χ3n) is 4.49. The van der Waals surface area contributed by atoms with Crippen molar-refractivity contribution in [3.05, 3.63) is 46.5 Å². The lowest BCUT2D eigenvalue weighted by Crippen LogP contribution is -2.00. The Bertz CT molecular complexity index is 736. The van der Waals surface area contributed by atoms with Crippen LogP contribution in [0.4, 0.5) is 0 Å². The van der Waals surface area contributed by atoms with Crippen molar-refractivity contribution in [2.75, 3.05) is 0 Å². The molecule has 0 bridgehead atoms. The summed E-state index contributed by atoms with van der Waals surface area (Å²) in [6.45, 7) is 7.81. The van der Waals surface area contributed by atoms with Crippen molar-refractivity contribution in [1.29, 1.82) is 0 Å². The molecule has 0 heterocycles. The Morgan fingerprint density at radius 3 is 1.35 bits per heavy atom. The van der Waals surface area contributed by atoms with Crippen LogP contribution in [0.15, 0.2) is 24.3 Å². The molecule has 0 radical (unpaired) electrons. The van der Waals surface area contributed by atoms with Gasteiger partial charge in [-0.15, -0.1) is 0 Å². The Balaban J connectivity index is 2.28. The highest BCUT2D eigenvalue weighted by molar-refractivity contribution is 7.34. The zero-order chi connectivity index (χ0) is 19.3. The molecule has 5 nitrogen and oxygen atoms in total. The number of phenolic OH excluding ortho intramolecular Hbond substituents is 2. The lowest BCUT2D eigenvalue weighted by Gasteiger charge is -2.11. The average Bonchev–Trinajstić information content (AvgIpc) is 2.63. The van der Waals surface area contributed by atoms with Gasteiger partial charge in [-0.3, -0.25) is 0 Å². The summed E-state index contributed by atoms with van der Waals surface area (Å²) >= 11 is 0. The topological polar surface area (TPSA) is 76.0 Å². The fraction of sp³-hybridized carbons (Fsp3) is 0.400. The first-order valence-corrected chi connectivity index (χ1v) is 10.1. The van der Waals surface area contributed by atoms with Gasteiger partial charge in [0.25, 0.3) is 0 Å². The maximum Gasteiger partial charge on any atom is 0.805 e. The monoisotopic (exact) mass is 377 g/mol. The van der Waals surface area contributed by atoms with Gasteiger partial charge >= 0.3 is 8.25 Å². The van der Waals surface area contributed by atoms with Crippen molar-refractivity contribution in [2.24, 2.45) is 0 Å². The highest BCUT2D eigenvalue weighted by Gasteiger charge is 2.29. The van der Waals surface area contributed by atoms with E-state index >= 15 is 0 Å². The van der Waals surface area contributed by atoms with E-state index in [9.17, 15) is 14.8 Å². The lowest BCUT2D eigenvalue weighted by atomic mass is 10.0. The third-order valence-corrected chi connectivity index (χ3v) is 5.18. The van der Waals surface area contributed by atoms with Crippen LogP contribution in [0.3, 0.4) is 0 Å². The first kappa shape index (κ1) is 20.1. The molecule has 2 N–H and O–H groups in total. The normalized spacial score (nSPS) is 10.6. The second-order valence-corrected chi connectivity index (χ2v) is 6.71. The van der Waals surface area contributed by atoms with E-state index in [1.807, 2.05) is 27.7 Å². The van der Waals surface area contributed by atoms with Crippen molar-refractivity contribution in [2.45, 2.75) is 53.4 Å². The van der Waals surface area contributed by atoms with Gasteiger partial charge in [-0.2, -0.15) is 0 Å². The Hall–Kier alpha value is -2.26. The summed E-state index contributed by atoms with van der Waals surface area (Å²) in [5.41, 5.74) is 3.24. The van der Waals surface area contributed by atoms with Gasteiger partial charge in [0, 0.05) is 26.8 Å². The molecule has 2 aromatic rings. The number of rotatable bonds is 8. The molecule has 0 amide bonds. The first-order valence-electron chi connectivity index (χ1n) is 8.97. The molecule has 0 spiro atoms. The molecule has 6 heteroatoms. The van der Waals surface area contributed by atoms with Gasteiger partial charge < -0.3 is 10.2 Å². The van der Waals surface area contributed by atoms with Crippen LogP contribution in [0.5, 0.6) is 23.0 Å². The van der Waals surface area contributed by atoms with Gasteiger partial charge in [0.2, 0.25) is 0 Å². The van der Waals surface area contributed by atoms with Crippen molar-refractivity contribution in [3.8, 4) is 23.0 Å². The van der Waals surface area contributed by atoms with Crippen molar-refractivity contribution in [1.82, 2.24) is 0 Å². The minimum Gasteiger partial charge on any atom is -0.508 e. The Morgan fingerprint density at radius 2 is 1.04 bits per heavy atom. The molecule has 0 fully saturated rings. The average molecular weight is 377 g/mol. The Morgan fingerprint density at radius 1 is 0.692 bits per heavy atom. The summed E-state index contributed by atoms with van der Waals surface area (Å²) in [6, 6.07) is 6.31.